The van der Waals surface area contributed by atoms with Gasteiger partial charge in [-0.3, -0.25) is 9.69 Å². The average Bonchev–Trinajstić information content (AvgIpc) is 2.81. The van der Waals surface area contributed by atoms with Crippen LogP contribution in [0.25, 0.3) is 10.9 Å². The Morgan fingerprint density at radius 1 is 1.25 bits per heavy atom. The number of anilines is 2. The van der Waals surface area contributed by atoms with Crippen molar-refractivity contribution in [3.63, 3.8) is 0 Å². The number of aromatic nitrogens is 2. The number of halogens is 2. The summed E-state index contributed by atoms with van der Waals surface area (Å²) >= 11 is 5.96. The third-order valence-corrected chi connectivity index (χ3v) is 6.69. The van der Waals surface area contributed by atoms with E-state index in [1.54, 1.807) is 6.07 Å². The second-order valence-corrected chi connectivity index (χ2v) is 9.58. The number of ether oxygens (including phenoxy) is 3. The summed E-state index contributed by atoms with van der Waals surface area (Å²) < 4.78 is 31.7. The number of nitrogens with one attached hydrogen (secondary N) is 1. The number of carbonyl (C=O) groups is 1. The number of cyclic esters (lactones) is 1. The van der Waals surface area contributed by atoms with Crippen molar-refractivity contribution in [3.8, 4) is 11.5 Å². The molecule has 10 heteroatoms. The first-order chi connectivity index (χ1) is 17.4. The van der Waals surface area contributed by atoms with E-state index in [1.807, 2.05) is 30.9 Å². The van der Waals surface area contributed by atoms with E-state index in [4.69, 9.17) is 25.8 Å². The lowest BCUT2D eigenvalue weighted by Crippen LogP contribution is -2.51. The first-order valence-electron chi connectivity index (χ1n) is 12.2. The monoisotopic (exact) mass is 514 g/mol. The molecule has 1 N–H and O–H groups in total. The van der Waals surface area contributed by atoms with Crippen LogP contribution in [0.4, 0.5) is 15.9 Å². The molecule has 0 bridgehead atoms. The van der Waals surface area contributed by atoms with Gasteiger partial charge >= 0.3 is 5.97 Å². The summed E-state index contributed by atoms with van der Waals surface area (Å²) in [5.41, 5.74) is 1.26. The van der Waals surface area contributed by atoms with E-state index < -0.39 is 5.82 Å². The van der Waals surface area contributed by atoms with Gasteiger partial charge in [0.25, 0.3) is 0 Å². The molecule has 190 valence electrons. The Balaban J connectivity index is 1.50. The van der Waals surface area contributed by atoms with Crippen molar-refractivity contribution in [2.45, 2.75) is 58.0 Å². The fourth-order valence-electron chi connectivity index (χ4n) is 4.37. The summed E-state index contributed by atoms with van der Waals surface area (Å²) in [5.74, 6) is 0.907. The zero-order valence-corrected chi connectivity index (χ0v) is 20.9. The van der Waals surface area contributed by atoms with Gasteiger partial charge in [0.15, 0.2) is 17.7 Å². The standard InChI is InChI=1S/C26H28ClFN4O4/c1-3-24(32-12-15(2)34-25(33)13-32)36-22-10-18-21(11-23(22)35-17-5-4-6-17)29-14-30-26(18)31-16-7-8-20(28)19(27)9-16/h7-11,14-15,17,24H,3-6,12-13H2,1-2H3,(H,29,30,31). The Bertz CT molecular complexity index is 1270. The number of morpholine rings is 1. The number of fused-ring (bicyclic) bond motifs is 1. The summed E-state index contributed by atoms with van der Waals surface area (Å²) in [4.78, 5) is 22.9. The zero-order chi connectivity index (χ0) is 25.2. The van der Waals surface area contributed by atoms with Crippen molar-refractivity contribution >= 4 is 40.0 Å². The highest BCUT2D eigenvalue weighted by atomic mass is 35.5. The molecule has 1 aliphatic carbocycles. The molecule has 1 saturated carbocycles. The highest BCUT2D eigenvalue weighted by molar-refractivity contribution is 6.31. The minimum absolute atomic E-state index is 0.0126. The van der Waals surface area contributed by atoms with Crippen molar-refractivity contribution in [1.82, 2.24) is 14.9 Å². The van der Waals surface area contributed by atoms with E-state index in [0.29, 0.717) is 46.9 Å². The molecular formula is C26H28ClFN4O4. The van der Waals surface area contributed by atoms with Gasteiger partial charge in [0.05, 0.1) is 23.2 Å². The first-order valence-corrected chi connectivity index (χ1v) is 12.5. The molecule has 2 aliphatic rings. The van der Waals surface area contributed by atoms with Crippen LogP contribution in [0.1, 0.15) is 39.5 Å². The number of nitrogens with zero attached hydrogens (tertiary/aromatic N) is 3. The van der Waals surface area contributed by atoms with Gasteiger partial charge in [0.2, 0.25) is 0 Å². The van der Waals surface area contributed by atoms with Gasteiger partial charge in [0, 0.05) is 23.7 Å². The Morgan fingerprint density at radius 2 is 2.08 bits per heavy atom. The number of benzene rings is 2. The number of carbonyl (C=O) groups excluding carboxylic acids is 1. The van der Waals surface area contributed by atoms with Gasteiger partial charge < -0.3 is 19.5 Å². The molecule has 2 aromatic carbocycles. The van der Waals surface area contributed by atoms with Gasteiger partial charge in [0.1, 0.15) is 24.1 Å². The van der Waals surface area contributed by atoms with Crippen LogP contribution in [0, 0.1) is 5.82 Å². The van der Waals surface area contributed by atoms with Gasteiger partial charge in [-0.15, -0.1) is 0 Å². The number of rotatable bonds is 8. The van der Waals surface area contributed by atoms with Gasteiger partial charge in [-0.25, -0.2) is 14.4 Å². The summed E-state index contributed by atoms with van der Waals surface area (Å²) in [6, 6.07) is 8.09. The number of hydrogen-bond donors (Lipinski definition) is 1. The minimum Gasteiger partial charge on any atom is -0.486 e. The van der Waals surface area contributed by atoms with Crippen molar-refractivity contribution in [2.24, 2.45) is 0 Å². The van der Waals surface area contributed by atoms with Crippen LogP contribution in [-0.2, 0) is 9.53 Å². The van der Waals surface area contributed by atoms with Gasteiger partial charge in [-0.1, -0.05) is 18.5 Å². The Hall–Kier alpha value is -3.17. The molecule has 2 heterocycles. The predicted molar refractivity (Wildman–Crippen MR) is 134 cm³/mol. The third-order valence-electron chi connectivity index (χ3n) is 6.40. The number of esters is 1. The summed E-state index contributed by atoms with van der Waals surface area (Å²) in [6.45, 7) is 4.63. The lowest BCUT2D eigenvalue weighted by Gasteiger charge is -2.36. The lowest BCUT2D eigenvalue weighted by molar-refractivity contribution is -0.163. The maximum absolute atomic E-state index is 13.6. The molecule has 2 fully saturated rings. The van der Waals surface area contributed by atoms with Crippen LogP contribution >= 0.6 is 11.6 Å². The van der Waals surface area contributed by atoms with E-state index >= 15 is 0 Å². The molecule has 1 aliphatic heterocycles. The maximum atomic E-state index is 13.6. The predicted octanol–water partition coefficient (Wildman–Crippen LogP) is 5.46. The van der Waals surface area contributed by atoms with Crippen molar-refractivity contribution in [1.29, 1.82) is 0 Å². The minimum atomic E-state index is -0.496. The molecule has 2 atom stereocenters. The molecule has 1 aromatic heterocycles. The molecule has 2 unspecified atom stereocenters. The fourth-order valence-corrected chi connectivity index (χ4v) is 4.55. The maximum Gasteiger partial charge on any atom is 0.320 e. The van der Waals surface area contributed by atoms with E-state index in [9.17, 15) is 9.18 Å². The Morgan fingerprint density at radius 3 is 2.78 bits per heavy atom. The third kappa shape index (κ3) is 5.32. The van der Waals surface area contributed by atoms with E-state index in [1.165, 1.54) is 18.5 Å². The van der Waals surface area contributed by atoms with Crippen LogP contribution in [0.3, 0.4) is 0 Å². The first kappa shape index (κ1) is 24.5. The zero-order valence-electron chi connectivity index (χ0n) is 20.2. The topological polar surface area (TPSA) is 85.8 Å². The summed E-state index contributed by atoms with van der Waals surface area (Å²) in [7, 11) is 0. The summed E-state index contributed by atoms with van der Waals surface area (Å²) in [5, 5.41) is 3.91. The highest BCUT2D eigenvalue weighted by Crippen LogP contribution is 2.39. The van der Waals surface area contributed by atoms with Crippen molar-refractivity contribution < 1.29 is 23.4 Å². The molecule has 3 aromatic rings. The van der Waals surface area contributed by atoms with Crippen LogP contribution < -0.4 is 14.8 Å². The van der Waals surface area contributed by atoms with E-state index in [-0.39, 0.29) is 36.0 Å². The molecular weight excluding hydrogens is 487 g/mol. The van der Waals surface area contributed by atoms with Crippen molar-refractivity contribution in [3.05, 3.63) is 47.5 Å². The largest absolute Gasteiger partial charge is 0.486 e. The second kappa shape index (κ2) is 10.4. The molecule has 0 amide bonds. The van der Waals surface area contributed by atoms with Crippen molar-refractivity contribution in [2.75, 3.05) is 18.4 Å². The average molecular weight is 515 g/mol. The quantitative estimate of drug-likeness (QED) is 0.397. The Labute approximate surface area is 213 Å². The van der Waals surface area contributed by atoms with Crippen LogP contribution in [0.2, 0.25) is 5.02 Å². The number of hydrogen-bond acceptors (Lipinski definition) is 8. The van der Waals surface area contributed by atoms with Crippen LogP contribution in [0.15, 0.2) is 36.7 Å². The fraction of sp³-hybridized carbons (Fsp3) is 0.423. The highest BCUT2D eigenvalue weighted by Gasteiger charge is 2.31. The lowest BCUT2D eigenvalue weighted by atomic mass is 9.96. The smallest absolute Gasteiger partial charge is 0.320 e. The van der Waals surface area contributed by atoms with Crippen LogP contribution in [-0.4, -0.2) is 52.4 Å². The van der Waals surface area contributed by atoms with Gasteiger partial charge in [-0.2, -0.15) is 0 Å². The molecule has 36 heavy (non-hydrogen) atoms. The molecule has 0 spiro atoms. The molecule has 5 rings (SSSR count). The molecule has 8 nitrogen and oxygen atoms in total. The van der Waals surface area contributed by atoms with Gasteiger partial charge in [-0.05, 0) is 56.9 Å². The molecule has 1 saturated heterocycles. The van der Waals surface area contributed by atoms with E-state index in [0.717, 1.165) is 19.3 Å². The molecule has 0 radical (unpaired) electrons. The van der Waals surface area contributed by atoms with E-state index in [2.05, 4.69) is 15.3 Å². The second-order valence-electron chi connectivity index (χ2n) is 9.17. The summed E-state index contributed by atoms with van der Waals surface area (Å²) in [6.07, 6.45) is 4.81. The normalized spacial score (nSPS) is 19.4. The SMILES string of the molecule is CCC(Oc1cc2c(Nc3ccc(F)c(Cl)c3)ncnc2cc1OC1CCC1)N1CC(=O)OC(C)C1. The van der Waals surface area contributed by atoms with Crippen LogP contribution in [0.5, 0.6) is 11.5 Å². The Kier molecular flexibility index (Phi) is 7.11.